The van der Waals surface area contributed by atoms with Crippen LogP contribution in [0.1, 0.15) is 116 Å². The Balaban J connectivity index is 1.40. The lowest BCUT2D eigenvalue weighted by Gasteiger charge is -2.31. The fourth-order valence-electron chi connectivity index (χ4n) is 7.55. The number of fused-ring (bicyclic) bond motifs is 2. The van der Waals surface area contributed by atoms with Gasteiger partial charge in [0.25, 0.3) is 0 Å². The average molecular weight is 885 g/mol. The van der Waals surface area contributed by atoms with Crippen LogP contribution in [0.2, 0.25) is 0 Å². The molecule has 1 heterocycles. The van der Waals surface area contributed by atoms with E-state index in [2.05, 4.69) is 194 Å². The van der Waals surface area contributed by atoms with Crippen LogP contribution in [0.3, 0.4) is 0 Å². The molecule has 0 unspecified atom stereocenters. The van der Waals surface area contributed by atoms with Gasteiger partial charge in [-0.05, 0) is 117 Å². The summed E-state index contributed by atoms with van der Waals surface area (Å²) >= 11 is 1.70. The minimum Gasteiger partial charge on any atom is -0.453 e. The van der Waals surface area contributed by atoms with Gasteiger partial charge >= 0.3 is 16.8 Å². The molecule has 0 saturated carbocycles. The highest BCUT2D eigenvalue weighted by Gasteiger charge is 2.37. The molecular weight excluding hydrogens is 823 g/mol. The molecule has 1 aliphatic heterocycles. The van der Waals surface area contributed by atoms with E-state index in [4.69, 9.17) is 22.8 Å². The first-order valence-corrected chi connectivity index (χ1v) is 24.6. The van der Waals surface area contributed by atoms with Crippen molar-refractivity contribution in [2.24, 2.45) is 0 Å². The second-order valence-electron chi connectivity index (χ2n) is 20.3. The van der Waals surface area contributed by atoms with Gasteiger partial charge < -0.3 is 22.8 Å². The van der Waals surface area contributed by atoms with Crippen LogP contribution in [0.15, 0.2) is 131 Å². The predicted octanol–water partition coefficient (Wildman–Crippen LogP) is 15.9. The molecule has 0 N–H and O–H groups in total. The number of benzene rings is 6. The van der Waals surface area contributed by atoms with E-state index in [-0.39, 0.29) is 21.7 Å². The quantitative estimate of drug-likeness (QED) is 0.128. The third kappa shape index (κ3) is 10.2. The van der Waals surface area contributed by atoms with E-state index in [0.717, 1.165) is 76.8 Å². The standard InChI is InChI=1S/C54H62O5P2S/c1-35-31-45(60(56-41-27-19-15-23-37(41)51(3,4)5)57-42-28-20-16-24-38(42)52(6,7)8)49-47(33-35)62-48-34-36(2)32-46(50(48)55-49)61(58-43-29-21-17-25-39(43)53(9,10)11)59-44-30-22-18-26-40(44)54(12,13)14/h15-34H,1-14H3. The van der Waals surface area contributed by atoms with Crippen LogP contribution in [0, 0.1) is 13.8 Å². The summed E-state index contributed by atoms with van der Waals surface area (Å²) in [6.07, 6.45) is 0. The van der Waals surface area contributed by atoms with Gasteiger partial charge in [0.05, 0.1) is 20.4 Å². The molecule has 0 saturated heterocycles. The summed E-state index contributed by atoms with van der Waals surface area (Å²) in [5, 5.41) is 1.71. The Hall–Kier alpha value is -4.47. The van der Waals surface area contributed by atoms with Crippen molar-refractivity contribution in [3.63, 3.8) is 0 Å². The van der Waals surface area contributed by atoms with E-state index in [1.165, 1.54) is 0 Å². The molecule has 0 fully saturated rings. The second-order valence-corrected chi connectivity index (χ2v) is 24.1. The smallest absolute Gasteiger partial charge is 0.330 e. The number of rotatable bonds is 10. The van der Waals surface area contributed by atoms with E-state index in [1.54, 1.807) is 11.8 Å². The molecule has 62 heavy (non-hydrogen) atoms. The summed E-state index contributed by atoms with van der Waals surface area (Å²) in [4.78, 5) is 2.00. The minimum atomic E-state index is -1.80. The van der Waals surface area contributed by atoms with Gasteiger partial charge in [0.1, 0.15) is 23.0 Å². The van der Waals surface area contributed by atoms with Crippen LogP contribution in [0.4, 0.5) is 0 Å². The number of aryl methyl sites for hydroxylation is 2. The largest absolute Gasteiger partial charge is 0.453 e. The third-order valence-corrected chi connectivity index (χ3v) is 14.6. The summed E-state index contributed by atoms with van der Waals surface area (Å²) in [5.41, 5.74) is 5.92. The Bertz CT molecular complexity index is 2280. The SMILES string of the molecule is Cc1cc2c(c(P(Oc3ccccc3C(C)(C)C)Oc3ccccc3C(C)(C)C)c1)Oc1c(cc(C)cc1P(Oc1ccccc1C(C)(C)C)Oc1ccccc1C(C)(C)C)S2. The molecule has 0 radical (unpaired) electrons. The first kappa shape index (κ1) is 45.6. The Morgan fingerprint density at radius 3 is 0.903 bits per heavy atom. The molecule has 0 atom stereocenters. The number of ether oxygens (including phenoxy) is 1. The zero-order valence-electron chi connectivity index (χ0n) is 38.9. The lowest BCUT2D eigenvalue weighted by molar-refractivity contribution is 0.447. The van der Waals surface area contributed by atoms with Gasteiger partial charge in [-0.25, -0.2) is 0 Å². The molecule has 1 aliphatic rings. The van der Waals surface area contributed by atoms with Crippen LogP contribution in [0.5, 0.6) is 34.5 Å². The molecule has 324 valence electrons. The molecule has 8 heteroatoms. The Labute approximate surface area is 377 Å². The Kier molecular flexibility index (Phi) is 12.9. The van der Waals surface area contributed by atoms with Crippen LogP contribution in [0.25, 0.3) is 0 Å². The fraction of sp³-hybridized carbons (Fsp3) is 0.333. The van der Waals surface area contributed by atoms with Gasteiger partial charge in [0.2, 0.25) is 0 Å². The summed E-state index contributed by atoms with van der Waals surface area (Å²) in [6, 6.07) is 41.9. The van der Waals surface area contributed by atoms with Crippen LogP contribution in [-0.4, -0.2) is 0 Å². The van der Waals surface area contributed by atoms with Gasteiger partial charge in [-0.3, -0.25) is 0 Å². The highest BCUT2D eigenvalue weighted by molar-refractivity contribution is 7.99. The lowest BCUT2D eigenvalue weighted by Crippen LogP contribution is -2.22. The number of para-hydroxylation sites is 4. The highest BCUT2D eigenvalue weighted by Crippen LogP contribution is 2.56. The molecule has 0 aromatic heterocycles. The van der Waals surface area contributed by atoms with Crippen molar-refractivity contribution in [3.05, 3.63) is 155 Å². The minimum absolute atomic E-state index is 0.167. The molecule has 0 amide bonds. The van der Waals surface area contributed by atoms with E-state index >= 15 is 0 Å². The monoisotopic (exact) mass is 884 g/mol. The van der Waals surface area contributed by atoms with Crippen molar-refractivity contribution in [1.82, 2.24) is 0 Å². The normalized spacial score (nSPS) is 13.0. The summed E-state index contributed by atoms with van der Waals surface area (Å²) in [5.74, 6) is 4.58. The molecule has 0 spiro atoms. The molecule has 0 bridgehead atoms. The summed E-state index contributed by atoms with van der Waals surface area (Å²) in [6.45, 7) is 30.8. The van der Waals surface area contributed by atoms with Gasteiger partial charge in [-0.2, -0.15) is 0 Å². The Morgan fingerprint density at radius 2 is 0.645 bits per heavy atom. The van der Waals surface area contributed by atoms with Crippen molar-refractivity contribution < 1.29 is 22.8 Å². The lowest BCUT2D eigenvalue weighted by atomic mass is 9.86. The second kappa shape index (κ2) is 17.6. The summed E-state index contributed by atoms with van der Waals surface area (Å²) < 4.78 is 36.1. The zero-order chi connectivity index (χ0) is 44.8. The van der Waals surface area contributed by atoms with Crippen molar-refractivity contribution in [2.75, 3.05) is 0 Å². The van der Waals surface area contributed by atoms with E-state index < -0.39 is 16.8 Å². The van der Waals surface area contributed by atoms with Gasteiger partial charge in [0, 0.05) is 0 Å². The van der Waals surface area contributed by atoms with E-state index in [1.807, 2.05) is 24.3 Å². The zero-order valence-corrected chi connectivity index (χ0v) is 41.5. The van der Waals surface area contributed by atoms with Gasteiger partial charge in [-0.15, -0.1) is 0 Å². The molecular formula is C54H62O5P2S. The number of hydrogen-bond donors (Lipinski definition) is 0. The third-order valence-electron chi connectivity index (χ3n) is 10.7. The predicted molar refractivity (Wildman–Crippen MR) is 263 cm³/mol. The van der Waals surface area contributed by atoms with Crippen LogP contribution >= 0.6 is 28.5 Å². The molecule has 5 nitrogen and oxygen atoms in total. The maximum atomic E-state index is 7.34. The average Bonchev–Trinajstić information content (AvgIpc) is 3.18. The van der Waals surface area contributed by atoms with E-state index in [0.29, 0.717) is 11.5 Å². The maximum absolute atomic E-state index is 7.34. The molecule has 6 aromatic carbocycles. The number of hydrogen-bond acceptors (Lipinski definition) is 6. The Morgan fingerprint density at radius 1 is 0.387 bits per heavy atom. The van der Waals surface area contributed by atoms with E-state index in [9.17, 15) is 0 Å². The first-order chi connectivity index (χ1) is 29.1. The fourth-order valence-corrected chi connectivity index (χ4v) is 12.0. The molecule has 0 aliphatic carbocycles. The van der Waals surface area contributed by atoms with Crippen LogP contribution < -0.4 is 33.4 Å². The van der Waals surface area contributed by atoms with Crippen molar-refractivity contribution >= 4 is 39.1 Å². The summed E-state index contributed by atoms with van der Waals surface area (Å²) in [7, 11) is -3.59. The highest BCUT2D eigenvalue weighted by atomic mass is 32.2. The molecule has 7 rings (SSSR count). The molecule has 6 aromatic rings. The van der Waals surface area contributed by atoms with Crippen LogP contribution in [-0.2, 0) is 21.7 Å². The topological polar surface area (TPSA) is 46.2 Å². The van der Waals surface area contributed by atoms with Crippen molar-refractivity contribution in [3.8, 4) is 34.5 Å². The van der Waals surface area contributed by atoms with Crippen molar-refractivity contribution in [2.45, 2.75) is 128 Å². The first-order valence-electron chi connectivity index (χ1n) is 21.4. The van der Waals surface area contributed by atoms with Gasteiger partial charge in [-0.1, -0.05) is 168 Å². The van der Waals surface area contributed by atoms with Gasteiger partial charge in [0.15, 0.2) is 11.5 Å². The maximum Gasteiger partial charge on any atom is 0.330 e. The van der Waals surface area contributed by atoms with Crippen molar-refractivity contribution in [1.29, 1.82) is 0 Å².